The Bertz CT molecular complexity index is 303. The molecule has 70 valence electrons. The van der Waals surface area contributed by atoms with Gasteiger partial charge in [0, 0.05) is 0 Å². The number of halogens is 1. The lowest BCUT2D eigenvalue weighted by Crippen LogP contribution is -2.25. The molecule has 0 aromatic heterocycles. The minimum Gasteiger partial charge on any atom is -0.483 e. The predicted octanol–water partition coefficient (Wildman–Crippen LogP) is 1.33. The molecule has 4 nitrogen and oxygen atoms in total. The molecule has 0 fully saturated rings. The van der Waals surface area contributed by atoms with E-state index in [4.69, 9.17) is 9.94 Å². The van der Waals surface area contributed by atoms with Crippen molar-refractivity contribution < 1.29 is 14.7 Å². The third-order valence-corrected chi connectivity index (χ3v) is 1.98. The summed E-state index contributed by atoms with van der Waals surface area (Å²) in [5.41, 5.74) is 1.48. The van der Waals surface area contributed by atoms with Crippen LogP contribution >= 0.6 is 15.9 Å². The number of ether oxygens (including phenoxy) is 1. The highest BCUT2D eigenvalue weighted by Gasteiger charge is 2.02. The molecule has 1 aromatic rings. The van der Waals surface area contributed by atoms with Crippen LogP contribution in [0.25, 0.3) is 0 Å². The van der Waals surface area contributed by atoms with E-state index in [1.54, 1.807) is 18.2 Å². The van der Waals surface area contributed by atoms with Gasteiger partial charge in [0.05, 0.1) is 4.47 Å². The first-order chi connectivity index (χ1) is 6.24. The van der Waals surface area contributed by atoms with E-state index in [0.717, 1.165) is 4.47 Å². The van der Waals surface area contributed by atoms with E-state index in [-0.39, 0.29) is 6.61 Å². The van der Waals surface area contributed by atoms with Crippen LogP contribution in [-0.4, -0.2) is 17.7 Å². The molecule has 13 heavy (non-hydrogen) atoms. The van der Waals surface area contributed by atoms with Crippen molar-refractivity contribution >= 4 is 21.8 Å². The third kappa shape index (κ3) is 3.04. The number of amides is 1. The van der Waals surface area contributed by atoms with Crippen molar-refractivity contribution in [3.8, 4) is 5.75 Å². The molecule has 0 bridgehead atoms. The van der Waals surface area contributed by atoms with Gasteiger partial charge in [-0.1, -0.05) is 12.1 Å². The van der Waals surface area contributed by atoms with E-state index in [1.165, 1.54) is 5.48 Å². The summed E-state index contributed by atoms with van der Waals surface area (Å²) >= 11 is 3.25. The summed E-state index contributed by atoms with van der Waals surface area (Å²) in [5.74, 6) is -0.0261. The smallest absolute Gasteiger partial charge is 0.281 e. The number of rotatable bonds is 3. The van der Waals surface area contributed by atoms with Crippen LogP contribution in [0.5, 0.6) is 5.75 Å². The Labute approximate surface area is 83.6 Å². The molecular weight excluding hydrogens is 238 g/mol. The van der Waals surface area contributed by atoms with Crippen LogP contribution < -0.4 is 10.2 Å². The summed E-state index contributed by atoms with van der Waals surface area (Å²) in [6, 6.07) is 7.14. The van der Waals surface area contributed by atoms with E-state index in [9.17, 15) is 4.79 Å². The minimum absolute atomic E-state index is 0.209. The molecule has 0 saturated carbocycles. The summed E-state index contributed by atoms with van der Waals surface area (Å²) in [6.45, 7) is -0.209. The molecule has 1 amide bonds. The number of benzene rings is 1. The number of hydrogen-bond acceptors (Lipinski definition) is 3. The monoisotopic (exact) mass is 245 g/mol. The van der Waals surface area contributed by atoms with Crippen LogP contribution in [0.4, 0.5) is 0 Å². The highest BCUT2D eigenvalue weighted by atomic mass is 79.9. The van der Waals surface area contributed by atoms with E-state index < -0.39 is 5.91 Å². The van der Waals surface area contributed by atoms with Crippen molar-refractivity contribution in [3.63, 3.8) is 0 Å². The average Bonchev–Trinajstić information content (AvgIpc) is 2.16. The van der Waals surface area contributed by atoms with Crippen LogP contribution in [0, 0.1) is 0 Å². The maximum atomic E-state index is 10.6. The molecule has 2 N–H and O–H groups in total. The Morgan fingerprint density at radius 1 is 1.54 bits per heavy atom. The van der Waals surface area contributed by atoms with Gasteiger partial charge in [0.2, 0.25) is 0 Å². The van der Waals surface area contributed by atoms with Gasteiger partial charge in [-0.05, 0) is 28.1 Å². The number of carbonyl (C=O) groups is 1. The molecule has 0 saturated heterocycles. The van der Waals surface area contributed by atoms with Gasteiger partial charge in [-0.3, -0.25) is 10.0 Å². The maximum Gasteiger partial charge on any atom is 0.281 e. The molecule has 5 heteroatoms. The van der Waals surface area contributed by atoms with Crippen molar-refractivity contribution in [2.75, 3.05) is 6.61 Å². The van der Waals surface area contributed by atoms with E-state index in [0.29, 0.717) is 5.75 Å². The molecule has 0 aliphatic heterocycles. The number of hydroxylamine groups is 1. The maximum absolute atomic E-state index is 10.6. The SMILES string of the molecule is O=C(COc1ccccc1Br)NO. The summed E-state index contributed by atoms with van der Waals surface area (Å²) < 4.78 is 5.84. The lowest BCUT2D eigenvalue weighted by atomic mass is 10.3. The Kier molecular flexibility index (Phi) is 3.72. The highest BCUT2D eigenvalue weighted by Crippen LogP contribution is 2.23. The van der Waals surface area contributed by atoms with Crippen molar-refractivity contribution in [1.29, 1.82) is 0 Å². The second-order valence-corrected chi connectivity index (χ2v) is 3.11. The fraction of sp³-hybridized carbons (Fsp3) is 0.125. The Balaban J connectivity index is 2.54. The lowest BCUT2D eigenvalue weighted by molar-refractivity contribution is -0.131. The molecular formula is C8H8BrNO3. The standard InChI is InChI=1S/C8H8BrNO3/c9-6-3-1-2-4-7(6)13-5-8(11)10-12/h1-4,12H,5H2,(H,10,11). The Morgan fingerprint density at radius 3 is 2.85 bits per heavy atom. The largest absolute Gasteiger partial charge is 0.483 e. The van der Waals surface area contributed by atoms with E-state index in [2.05, 4.69) is 15.9 Å². The van der Waals surface area contributed by atoms with Crippen molar-refractivity contribution in [2.45, 2.75) is 0 Å². The highest BCUT2D eigenvalue weighted by molar-refractivity contribution is 9.10. The molecule has 0 aliphatic rings. The average molecular weight is 246 g/mol. The Hall–Kier alpha value is -1.07. The summed E-state index contributed by atoms with van der Waals surface area (Å²) in [7, 11) is 0. The van der Waals surface area contributed by atoms with Crippen LogP contribution in [0.15, 0.2) is 28.7 Å². The fourth-order valence-electron chi connectivity index (χ4n) is 0.737. The fourth-order valence-corrected chi connectivity index (χ4v) is 1.14. The van der Waals surface area contributed by atoms with Crippen LogP contribution in [0.2, 0.25) is 0 Å². The topological polar surface area (TPSA) is 58.6 Å². The molecule has 0 spiro atoms. The Morgan fingerprint density at radius 2 is 2.23 bits per heavy atom. The first-order valence-corrected chi connectivity index (χ1v) is 4.33. The third-order valence-electron chi connectivity index (χ3n) is 1.32. The van der Waals surface area contributed by atoms with E-state index >= 15 is 0 Å². The van der Waals surface area contributed by atoms with Crippen LogP contribution in [0.3, 0.4) is 0 Å². The molecule has 0 heterocycles. The molecule has 0 radical (unpaired) electrons. The quantitative estimate of drug-likeness (QED) is 0.624. The summed E-state index contributed by atoms with van der Waals surface area (Å²) in [6.07, 6.45) is 0. The zero-order chi connectivity index (χ0) is 9.68. The van der Waals surface area contributed by atoms with Gasteiger partial charge in [0.25, 0.3) is 5.91 Å². The van der Waals surface area contributed by atoms with Gasteiger partial charge >= 0.3 is 0 Å². The van der Waals surface area contributed by atoms with Crippen molar-refractivity contribution in [3.05, 3.63) is 28.7 Å². The van der Waals surface area contributed by atoms with Gasteiger partial charge in [-0.25, -0.2) is 5.48 Å². The molecule has 1 rings (SSSR count). The molecule has 0 atom stereocenters. The number of carbonyl (C=O) groups excluding carboxylic acids is 1. The number of nitrogens with one attached hydrogen (secondary N) is 1. The van der Waals surface area contributed by atoms with Crippen LogP contribution in [0.1, 0.15) is 0 Å². The first-order valence-electron chi connectivity index (χ1n) is 3.54. The molecule has 1 aromatic carbocycles. The van der Waals surface area contributed by atoms with Crippen molar-refractivity contribution in [2.24, 2.45) is 0 Å². The minimum atomic E-state index is -0.587. The van der Waals surface area contributed by atoms with Crippen molar-refractivity contribution in [1.82, 2.24) is 5.48 Å². The van der Waals surface area contributed by atoms with Gasteiger partial charge in [-0.2, -0.15) is 0 Å². The van der Waals surface area contributed by atoms with Gasteiger partial charge in [-0.15, -0.1) is 0 Å². The normalized spacial score (nSPS) is 9.38. The number of hydrogen-bond donors (Lipinski definition) is 2. The van der Waals surface area contributed by atoms with Crippen LogP contribution in [-0.2, 0) is 4.79 Å². The second kappa shape index (κ2) is 4.84. The second-order valence-electron chi connectivity index (χ2n) is 2.25. The predicted molar refractivity (Wildman–Crippen MR) is 49.6 cm³/mol. The summed E-state index contributed by atoms with van der Waals surface area (Å²) in [5, 5.41) is 8.19. The molecule has 0 unspecified atom stereocenters. The lowest BCUT2D eigenvalue weighted by Gasteiger charge is -2.05. The molecule has 0 aliphatic carbocycles. The van der Waals surface area contributed by atoms with Gasteiger partial charge in [0.1, 0.15) is 5.75 Å². The zero-order valence-electron chi connectivity index (χ0n) is 6.66. The zero-order valence-corrected chi connectivity index (χ0v) is 8.24. The summed E-state index contributed by atoms with van der Waals surface area (Å²) in [4.78, 5) is 10.6. The van der Waals surface area contributed by atoms with E-state index in [1.807, 2.05) is 6.07 Å². The van der Waals surface area contributed by atoms with Gasteiger partial charge in [0.15, 0.2) is 6.61 Å². The number of para-hydroxylation sites is 1. The first kappa shape index (κ1) is 10.0. The van der Waals surface area contributed by atoms with Gasteiger partial charge < -0.3 is 4.74 Å².